The molecule has 0 bridgehead atoms. The van der Waals surface area contributed by atoms with Crippen molar-refractivity contribution in [1.82, 2.24) is 20.4 Å². The van der Waals surface area contributed by atoms with E-state index < -0.39 is 0 Å². The number of hydrogen-bond acceptors (Lipinski definition) is 7. The minimum absolute atomic E-state index is 0.253. The Balaban J connectivity index is 1.20. The van der Waals surface area contributed by atoms with Crippen LogP contribution in [0.2, 0.25) is 0 Å². The summed E-state index contributed by atoms with van der Waals surface area (Å²) in [6.07, 6.45) is 3.61. The van der Waals surface area contributed by atoms with Crippen LogP contribution >= 0.6 is 11.8 Å². The lowest BCUT2D eigenvalue weighted by Crippen LogP contribution is -2.20. The third kappa shape index (κ3) is 5.48. The number of benzene rings is 4. The molecule has 194 valence electrons. The zero-order valence-electron chi connectivity index (χ0n) is 21.3. The van der Waals surface area contributed by atoms with Gasteiger partial charge >= 0.3 is 0 Å². The molecule has 1 aromatic heterocycles. The third-order valence-corrected chi connectivity index (χ3v) is 7.51. The molecular formula is C31H23N7OS. The highest BCUT2D eigenvalue weighted by Gasteiger charge is 2.24. The van der Waals surface area contributed by atoms with E-state index in [0.29, 0.717) is 24.2 Å². The highest BCUT2D eigenvalue weighted by atomic mass is 32.2. The second-order valence-electron chi connectivity index (χ2n) is 9.16. The Bertz CT molecular complexity index is 1740. The lowest BCUT2D eigenvalue weighted by molar-refractivity contribution is 0.0955. The van der Waals surface area contributed by atoms with Crippen LogP contribution in [0.4, 0.5) is 11.4 Å². The zero-order valence-corrected chi connectivity index (χ0v) is 22.1. The molecule has 0 atom stereocenters. The molecule has 4 aromatic carbocycles. The molecule has 0 radical (unpaired) electrons. The van der Waals surface area contributed by atoms with E-state index in [0.717, 1.165) is 38.0 Å². The Labute approximate surface area is 235 Å². The fourth-order valence-corrected chi connectivity index (χ4v) is 5.59. The monoisotopic (exact) mass is 541 g/mol. The number of aromatic nitrogens is 3. The third-order valence-electron chi connectivity index (χ3n) is 6.40. The van der Waals surface area contributed by atoms with Crippen molar-refractivity contribution in [2.75, 3.05) is 4.90 Å². The van der Waals surface area contributed by atoms with Gasteiger partial charge in [-0.3, -0.25) is 4.79 Å². The van der Waals surface area contributed by atoms with Gasteiger partial charge in [0.2, 0.25) is 0 Å². The van der Waals surface area contributed by atoms with E-state index in [1.807, 2.05) is 71.5 Å². The van der Waals surface area contributed by atoms with Crippen LogP contribution < -0.4 is 10.3 Å². The van der Waals surface area contributed by atoms with Crippen molar-refractivity contribution in [2.24, 2.45) is 5.10 Å². The summed E-state index contributed by atoms with van der Waals surface area (Å²) in [6.45, 7) is 1.13. The zero-order chi connectivity index (χ0) is 27.3. The van der Waals surface area contributed by atoms with E-state index in [1.165, 1.54) is 0 Å². The topological polar surface area (TPSA) is 99.2 Å². The van der Waals surface area contributed by atoms with Crippen molar-refractivity contribution in [3.63, 3.8) is 0 Å². The number of hydrogen-bond donors (Lipinski definition) is 1. The summed E-state index contributed by atoms with van der Waals surface area (Å²) in [7, 11) is 0. The normalized spacial score (nSPS) is 12.0. The smallest absolute Gasteiger partial charge is 0.271 e. The molecule has 1 aliphatic rings. The maximum absolute atomic E-state index is 12.3. The lowest BCUT2D eigenvalue weighted by atomic mass is 10.1. The van der Waals surface area contributed by atoms with Crippen molar-refractivity contribution < 1.29 is 4.79 Å². The molecule has 0 unspecified atom stereocenters. The van der Waals surface area contributed by atoms with Gasteiger partial charge in [0.05, 0.1) is 48.5 Å². The summed E-state index contributed by atoms with van der Waals surface area (Å²) in [6, 6.07) is 33.0. The Morgan fingerprint density at radius 3 is 2.52 bits per heavy atom. The van der Waals surface area contributed by atoms with E-state index in [9.17, 15) is 4.79 Å². The molecule has 0 saturated heterocycles. The molecule has 1 aliphatic heterocycles. The number of nitrogens with one attached hydrogen (secondary N) is 1. The van der Waals surface area contributed by atoms with Gasteiger partial charge in [0, 0.05) is 15.4 Å². The van der Waals surface area contributed by atoms with Gasteiger partial charge in [-0.15, -0.1) is 5.10 Å². The maximum Gasteiger partial charge on any atom is 0.271 e. The SMILES string of the molecule is N#Cc1ccc(Cn2cc(CN3c4ccccc4Sc4cc(/C=N/NC(=O)c5ccccc5)ccc43)nn2)cc1. The Hall–Kier alpha value is -5.20. The number of amides is 1. The summed E-state index contributed by atoms with van der Waals surface area (Å²) in [5, 5.41) is 22.0. The summed E-state index contributed by atoms with van der Waals surface area (Å²) in [5.41, 5.74) is 8.73. The summed E-state index contributed by atoms with van der Waals surface area (Å²) >= 11 is 1.70. The van der Waals surface area contributed by atoms with E-state index in [-0.39, 0.29) is 5.91 Å². The van der Waals surface area contributed by atoms with Gasteiger partial charge in [-0.05, 0) is 59.7 Å². The summed E-state index contributed by atoms with van der Waals surface area (Å²) in [5.74, 6) is -0.253. The first-order valence-electron chi connectivity index (χ1n) is 12.6. The molecule has 0 saturated carbocycles. The van der Waals surface area contributed by atoms with Crippen LogP contribution in [-0.2, 0) is 13.1 Å². The fourth-order valence-electron chi connectivity index (χ4n) is 4.44. The number of fused-ring (bicyclic) bond motifs is 2. The average Bonchev–Trinajstić information content (AvgIpc) is 3.44. The quantitative estimate of drug-likeness (QED) is 0.208. The molecule has 40 heavy (non-hydrogen) atoms. The molecular weight excluding hydrogens is 518 g/mol. The van der Waals surface area contributed by atoms with E-state index in [4.69, 9.17) is 5.26 Å². The highest BCUT2D eigenvalue weighted by Crippen LogP contribution is 2.48. The Kier molecular flexibility index (Phi) is 7.07. The summed E-state index contributed by atoms with van der Waals surface area (Å²) < 4.78 is 1.81. The second kappa shape index (κ2) is 11.3. The van der Waals surface area contributed by atoms with E-state index in [1.54, 1.807) is 30.1 Å². The lowest BCUT2D eigenvalue weighted by Gasteiger charge is -2.32. The minimum Gasteiger partial charge on any atom is -0.333 e. The maximum atomic E-state index is 12.3. The molecule has 1 N–H and O–H groups in total. The minimum atomic E-state index is -0.253. The van der Waals surface area contributed by atoms with Crippen molar-refractivity contribution in [1.29, 1.82) is 5.26 Å². The van der Waals surface area contributed by atoms with Gasteiger partial charge in [-0.2, -0.15) is 10.4 Å². The van der Waals surface area contributed by atoms with Crippen LogP contribution in [0.5, 0.6) is 0 Å². The Morgan fingerprint density at radius 1 is 0.925 bits per heavy atom. The second-order valence-corrected chi connectivity index (χ2v) is 10.2. The van der Waals surface area contributed by atoms with E-state index >= 15 is 0 Å². The van der Waals surface area contributed by atoms with Gasteiger partial charge in [-0.25, -0.2) is 10.1 Å². The van der Waals surface area contributed by atoms with Gasteiger partial charge in [0.1, 0.15) is 5.69 Å². The molecule has 5 aromatic rings. The van der Waals surface area contributed by atoms with Gasteiger partial charge in [0.15, 0.2) is 0 Å². The van der Waals surface area contributed by atoms with Crippen LogP contribution in [0.1, 0.15) is 32.7 Å². The summed E-state index contributed by atoms with van der Waals surface area (Å²) in [4.78, 5) is 16.8. The molecule has 0 spiro atoms. The van der Waals surface area contributed by atoms with Gasteiger partial charge < -0.3 is 4.90 Å². The van der Waals surface area contributed by atoms with Crippen molar-refractivity contribution in [3.05, 3.63) is 131 Å². The van der Waals surface area contributed by atoms with Crippen LogP contribution in [-0.4, -0.2) is 27.1 Å². The highest BCUT2D eigenvalue weighted by molar-refractivity contribution is 7.99. The van der Waals surface area contributed by atoms with Crippen molar-refractivity contribution in [3.8, 4) is 6.07 Å². The number of nitriles is 1. The molecule has 8 nitrogen and oxygen atoms in total. The van der Waals surface area contributed by atoms with Gasteiger partial charge in [-0.1, -0.05) is 65.5 Å². The molecule has 6 rings (SSSR count). The standard InChI is InChI=1S/C31H23N7OS/c32-17-22-10-12-23(13-11-22)19-37-20-26(34-36-37)21-38-27-8-4-5-9-29(27)40-30-16-24(14-15-28(30)38)18-33-35-31(39)25-6-2-1-3-7-25/h1-16,18,20H,19,21H2,(H,35,39)/b33-18+. The number of para-hydroxylation sites is 1. The first-order chi connectivity index (χ1) is 19.7. The number of anilines is 2. The number of carbonyl (C=O) groups excluding carboxylic acids is 1. The number of carbonyl (C=O) groups is 1. The number of nitrogens with zero attached hydrogens (tertiary/aromatic N) is 6. The molecule has 0 fully saturated rings. The first kappa shape index (κ1) is 25.1. The first-order valence-corrected chi connectivity index (χ1v) is 13.4. The predicted molar refractivity (Wildman–Crippen MR) is 155 cm³/mol. The molecule has 0 aliphatic carbocycles. The molecule has 1 amide bonds. The predicted octanol–water partition coefficient (Wildman–Crippen LogP) is 5.76. The van der Waals surface area contributed by atoms with Crippen LogP contribution in [0, 0.1) is 11.3 Å². The molecule has 9 heteroatoms. The van der Waals surface area contributed by atoms with Crippen molar-refractivity contribution >= 4 is 35.3 Å². The fraction of sp³-hybridized carbons (Fsp3) is 0.0645. The largest absolute Gasteiger partial charge is 0.333 e. The van der Waals surface area contributed by atoms with Crippen LogP contribution in [0.25, 0.3) is 0 Å². The Morgan fingerprint density at radius 2 is 1.70 bits per heavy atom. The van der Waals surface area contributed by atoms with Gasteiger partial charge in [0.25, 0.3) is 5.91 Å². The van der Waals surface area contributed by atoms with Crippen LogP contribution in [0.3, 0.4) is 0 Å². The molecule has 2 heterocycles. The average molecular weight is 542 g/mol. The van der Waals surface area contributed by atoms with E-state index in [2.05, 4.69) is 56.1 Å². The number of hydrazone groups is 1. The van der Waals surface area contributed by atoms with Crippen molar-refractivity contribution in [2.45, 2.75) is 22.9 Å². The number of rotatable bonds is 7. The van der Waals surface area contributed by atoms with Crippen LogP contribution in [0.15, 0.2) is 118 Å².